The second-order valence-corrected chi connectivity index (χ2v) is 5.91. The van der Waals surface area contributed by atoms with Gasteiger partial charge < -0.3 is 5.73 Å². The van der Waals surface area contributed by atoms with Crippen LogP contribution in [0, 0.1) is 11.8 Å². The molecule has 1 aromatic carbocycles. The highest BCUT2D eigenvalue weighted by Gasteiger charge is 2.19. The third-order valence-corrected chi connectivity index (χ3v) is 4.27. The summed E-state index contributed by atoms with van der Waals surface area (Å²) in [5, 5.41) is 0. The Labute approximate surface area is 109 Å². The van der Waals surface area contributed by atoms with Crippen LogP contribution in [0.1, 0.15) is 18.9 Å². The quantitative estimate of drug-likeness (QED) is 0.828. The molecule has 0 amide bonds. The Morgan fingerprint density at radius 3 is 2.72 bits per heavy atom. The van der Waals surface area contributed by atoms with Crippen LogP contribution in [0.2, 0.25) is 0 Å². The molecule has 0 aliphatic rings. The minimum absolute atomic E-state index is 0.257. The van der Waals surface area contributed by atoms with Gasteiger partial charge in [-0.2, -0.15) is 0 Å². The first-order chi connectivity index (χ1) is 8.52. The lowest BCUT2D eigenvalue weighted by molar-refractivity contribution is 0.468. The van der Waals surface area contributed by atoms with Crippen LogP contribution in [0.15, 0.2) is 29.2 Å². The zero-order chi connectivity index (χ0) is 13.6. The van der Waals surface area contributed by atoms with E-state index in [0.29, 0.717) is 12.1 Å². The third-order valence-electron chi connectivity index (χ3n) is 2.42. The van der Waals surface area contributed by atoms with E-state index in [2.05, 4.69) is 11.8 Å². The molecule has 0 saturated carbocycles. The predicted molar refractivity (Wildman–Crippen MR) is 72.5 cm³/mol. The van der Waals surface area contributed by atoms with Gasteiger partial charge in [-0.3, -0.25) is 0 Å². The molecule has 0 spiro atoms. The van der Waals surface area contributed by atoms with Crippen molar-refractivity contribution in [3.63, 3.8) is 0 Å². The van der Waals surface area contributed by atoms with Crippen molar-refractivity contribution in [2.45, 2.75) is 18.2 Å². The fraction of sp³-hybridized carbons (Fsp3) is 0.385. The molecule has 0 aliphatic carbocycles. The lowest BCUT2D eigenvalue weighted by atomic mass is 10.2. The first-order valence-corrected chi connectivity index (χ1v) is 7.21. The van der Waals surface area contributed by atoms with Crippen molar-refractivity contribution in [1.82, 2.24) is 4.31 Å². The summed E-state index contributed by atoms with van der Waals surface area (Å²) in [6.07, 6.45) is 0.780. The zero-order valence-electron chi connectivity index (χ0n) is 10.7. The summed E-state index contributed by atoms with van der Waals surface area (Å²) < 4.78 is 25.8. The summed E-state index contributed by atoms with van der Waals surface area (Å²) in [5.74, 6) is 5.54. The Kier molecular flexibility index (Phi) is 5.35. The number of nitrogens with two attached hydrogens (primary N) is 1. The van der Waals surface area contributed by atoms with Crippen molar-refractivity contribution < 1.29 is 8.42 Å². The van der Waals surface area contributed by atoms with Gasteiger partial charge in [0.1, 0.15) is 0 Å². The number of benzene rings is 1. The maximum Gasteiger partial charge on any atom is 0.242 e. The topological polar surface area (TPSA) is 63.4 Å². The molecule has 0 radical (unpaired) electrons. The Morgan fingerprint density at radius 1 is 1.39 bits per heavy atom. The van der Waals surface area contributed by atoms with Gasteiger partial charge in [0.2, 0.25) is 10.0 Å². The summed E-state index contributed by atoms with van der Waals surface area (Å²) in [7, 11) is -1.83. The van der Waals surface area contributed by atoms with Crippen LogP contribution in [0.3, 0.4) is 0 Å². The first-order valence-electron chi connectivity index (χ1n) is 5.77. The van der Waals surface area contributed by atoms with Crippen LogP contribution in [0.4, 0.5) is 0 Å². The molecule has 1 aromatic rings. The standard InChI is InChI=1S/C13H18N2O2S/c1-3-10-15(2)18(16,17)13-8-4-6-12(11-13)7-5-9-14/h4,6,8,11H,3,9-10,14H2,1-2H3. The molecule has 0 fully saturated rings. The van der Waals surface area contributed by atoms with E-state index in [4.69, 9.17) is 5.73 Å². The molecule has 1 rings (SSSR count). The van der Waals surface area contributed by atoms with Gasteiger partial charge in [-0.15, -0.1) is 0 Å². The molecule has 0 saturated heterocycles. The maximum absolute atomic E-state index is 12.2. The number of rotatable bonds is 4. The molecule has 0 heterocycles. The smallest absolute Gasteiger partial charge is 0.242 e. The molecule has 0 aliphatic heterocycles. The normalized spacial score (nSPS) is 11.1. The van der Waals surface area contributed by atoms with Gasteiger partial charge in [-0.1, -0.05) is 24.8 Å². The minimum Gasteiger partial charge on any atom is -0.320 e. The third kappa shape index (κ3) is 3.57. The van der Waals surface area contributed by atoms with Crippen LogP contribution in [0.5, 0.6) is 0 Å². The van der Waals surface area contributed by atoms with Gasteiger partial charge in [0.15, 0.2) is 0 Å². The first kappa shape index (κ1) is 14.7. The summed E-state index contributed by atoms with van der Waals surface area (Å²) in [4.78, 5) is 0.266. The highest BCUT2D eigenvalue weighted by Crippen LogP contribution is 2.15. The van der Waals surface area contributed by atoms with Gasteiger partial charge in [-0.05, 0) is 24.6 Å². The largest absolute Gasteiger partial charge is 0.320 e. The fourth-order valence-corrected chi connectivity index (χ4v) is 2.81. The van der Waals surface area contributed by atoms with E-state index >= 15 is 0 Å². The Hall–Kier alpha value is -1.35. The molecule has 0 aromatic heterocycles. The van der Waals surface area contributed by atoms with Crippen LogP contribution in [-0.4, -0.2) is 32.9 Å². The molecule has 5 heteroatoms. The molecule has 0 bridgehead atoms. The molecule has 0 unspecified atom stereocenters. The Balaban J connectivity index is 3.10. The molecule has 0 atom stereocenters. The summed E-state index contributed by atoms with van der Waals surface area (Å²) in [6.45, 7) is 2.70. The minimum atomic E-state index is -3.41. The highest BCUT2D eigenvalue weighted by molar-refractivity contribution is 7.89. The van der Waals surface area contributed by atoms with E-state index in [1.165, 1.54) is 4.31 Å². The molecule has 2 N–H and O–H groups in total. The van der Waals surface area contributed by atoms with Crippen molar-refractivity contribution in [3.8, 4) is 11.8 Å². The second-order valence-electron chi connectivity index (χ2n) is 3.86. The van der Waals surface area contributed by atoms with Gasteiger partial charge in [0.05, 0.1) is 11.4 Å². The van der Waals surface area contributed by atoms with Crippen LogP contribution in [-0.2, 0) is 10.0 Å². The van der Waals surface area contributed by atoms with Gasteiger partial charge in [0.25, 0.3) is 0 Å². The van der Waals surface area contributed by atoms with E-state index < -0.39 is 10.0 Å². The Bertz CT molecular complexity index is 556. The summed E-state index contributed by atoms with van der Waals surface area (Å²) in [5.41, 5.74) is 5.95. The van der Waals surface area contributed by atoms with Crippen LogP contribution < -0.4 is 5.73 Å². The average molecular weight is 266 g/mol. The molecular formula is C13H18N2O2S. The fourth-order valence-electron chi connectivity index (χ4n) is 1.50. The number of nitrogens with zero attached hydrogens (tertiary/aromatic N) is 1. The molecule has 98 valence electrons. The maximum atomic E-state index is 12.2. The van der Waals surface area contributed by atoms with Gasteiger partial charge in [0, 0.05) is 19.2 Å². The van der Waals surface area contributed by atoms with Crippen molar-refractivity contribution in [3.05, 3.63) is 29.8 Å². The van der Waals surface area contributed by atoms with Gasteiger partial charge >= 0.3 is 0 Å². The molecular weight excluding hydrogens is 248 g/mol. The lowest BCUT2D eigenvalue weighted by Crippen LogP contribution is -2.27. The second kappa shape index (κ2) is 6.55. The zero-order valence-corrected chi connectivity index (χ0v) is 11.5. The average Bonchev–Trinajstić information content (AvgIpc) is 2.37. The number of hydrogen-bond acceptors (Lipinski definition) is 3. The van der Waals surface area contributed by atoms with E-state index in [9.17, 15) is 8.42 Å². The van der Waals surface area contributed by atoms with Crippen LogP contribution >= 0.6 is 0 Å². The van der Waals surface area contributed by atoms with Crippen LogP contribution in [0.25, 0.3) is 0 Å². The van der Waals surface area contributed by atoms with Crippen molar-refractivity contribution >= 4 is 10.0 Å². The molecule has 18 heavy (non-hydrogen) atoms. The lowest BCUT2D eigenvalue weighted by Gasteiger charge is -2.16. The number of hydrogen-bond donors (Lipinski definition) is 1. The Morgan fingerprint density at radius 2 is 2.11 bits per heavy atom. The predicted octanol–water partition coefficient (Wildman–Crippen LogP) is 1.03. The summed E-state index contributed by atoms with van der Waals surface area (Å²) >= 11 is 0. The van der Waals surface area contributed by atoms with Gasteiger partial charge in [-0.25, -0.2) is 12.7 Å². The molecule has 4 nitrogen and oxygen atoms in total. The SMILES string of the molecule is CCCN(C)S(=O)(=O)c1cccc(C#CCN)c1. The van der Waals surface area contributed by atoms with Crippen molar-refractivity contribution in [1.29, 1.82) is 0 Å². The van der Waals surface area contributed by atoms with E-state index in [1.54, 1.807) is 31.3 Å². The summed E-state index contributed by atoms with van der Waals surface area (Å²) in [6, 6.07) is 6.61. The number of sulfonamides is 1. The van der Waals surface area contributed by atoms with Crippen molar-refractivity contribution in [2.24, 2.45) is 5.73 Å². The van der Waals surface area contributed by atoms with Crippen molar-refractivity contribution in [2.75, 3.05) is 20.1 Å². The van der Waals surface area contributed by atoms with E-state index in [-0.39, 0.29) is 11.4 Å². The monoisotopic (exact) mass is 266 g/mol. The highest BCUT2D eigenvalue weighted by atomic mass is 32.2. The van der Waals surface area contributed by atoms with E-state index in [0.717, 1.165) is 6.42 Å². The van der Waals surface area contributed by atoms with E-state index in [1.807, 2.05) is 6.92 Å².